The fourth-order valence-corrected chi connectivity index (χ4v) is 3.67. The van der Waals surface area contributed by atoms with Crippen molar-refractivity contribution in [3.63, 3.8) is 0 Å². The van der Waals surface area contributed by atoms with Crippen LogP contribution in [0.15, 0.2) is 12.7 Å². The van der Waals surface area contributed by atoms with Crippen molar-refractivity contribution >= 4 is 16.9 Å². The van der Waals surface area contributed by atoms with Crippen molar-refractivity contribution in [2.45, 2.75) is 70.1 Å². The molecule has 3 heteroatoms. The van der Waals surface area contributed by atoms with E-state index in [0.29, 0.717) is 16.8 Å². The second kappa shape index (κ2) is 8.80. The third kappa shape index (κ3) is 6.13. The normalized spacial score (nSPS) is 21.6. The molecule has 0 aromatic heterocycles. The smallest absolute Gasteiger partial charge is 0.192 e. The van der Waals surface area contributed by atoms with Gasteiger partial charge in [-0.15, -0.1) is 6.58 Å². The molecule has 19 heavy (non-hydrogen) atoms. The Bertz CT molecular complexity index is 284. The van der Waals surface area contributed by atoms with Gasteiger partial charge in [0.25, 0.3) is 0 Å². The predicted octanol–water partition coefficient (Wildman–Crippen LogP) is 4.18. The van der Waals surface area contributed by atoms with Gasteiger partial charge in [0, 0.05) is 11.2 Å². The molecule has 2 nitrogen and oxygen atoms in total. The van der Waals surface area contributed by atoms with Crippen LogP contribution in [0.2, 0.25) is 0 Å². The number of aliphatic hydroxyl groups excluding tert-OH is 1. The van der Waals surface area contributed by atoms with Crippen LogP contribution in [0.25, 0.3) is 0 Å². The van der Waals surface area contributed by atoms with Crippen molar-refractivity contribution in [3.05, 3.63) is 12.7 Å². The molecule has 1 fully saturated rings. The fourth-order valence-electron chi connectivity index (χ4n) is 2.42. The van der Waals surface area contributed by atoms with Gasteiger partial charge in [0.2, 0.25) is 0 Å². The number of hydrogen-bond donors (Lipinski definition) is 1. The molecule has 1 saturated carbocycles. The first-order chi connectivity index (χ1) is 9.04. The van der Waals surface area contributed by atoms with Gasteiger partial charge in [-0.05, 0) is 31.6 Å². The molecule has 0 radical (unpaired) electrons. The maximum atomic E-state index is 12.1. The quantitative estimate of drug-likeness (QED) is 0.713. The number of aliphatic hydroxyl groups is 1. The Labute approximate surface area is 122 Å². The van der Waals surface area contributed by atoms with Crippen LogP contribution in [0.5, 0.6) is 0 Å². The highest BCUT2D eigenvalue weighted by atomic mass is 32.2. The van der Waals surface area contributed by atoms with Gasteiger partial charge < -0.3 is 5.11 Å². The molecule has 1 unspecified atom stereocenters. The van der Waals surface area contributed by atoms with Gasteiger partial charge in [0.1, 0.15) is 0 Å². The van der Waals surface area contributed by atoms with E-state index < -0.39 is 0 Å². The Hall–Kier alpha value is -0.280. The number of carbonyl (C=O) groups is 1. The molecule has 1 rings (SSSR count). The largest absolute Gasteiger partial charge is 0.393 e. The first kappa shape index (κ1) is 16.8. The molecule has 1 aliphatic rings. The van der Waals surface area contributed by atoms with Crippen molar-refractivity contribution in [1.82, 2.24) is 0 Å². The van der Waals surface area contributed by atoms with Gasteiger partial charge in [0.05, 0.1) is 6.10 Å². The van der Waals surface area contributed by atoms with Gasteiger partial charge in [-0.25, -0.2) is 0 Å². The zero-order valence-electron chi connectivity index (χ0n) is 12.3. The number of rotatable bonds is 7. The van der Waals surface area contributed by atoms with Gasteiger partial charge in [-0.1, -0.05) is 50.9 Å². The van der Waals surface area contributed by atoms with E-state index in [2.05, 4.69) is 6.58 Å². The zero-order chi connectivity index (χ0) is 14.3. The summed E-state index contributed by atoms with van der Waals surface area (Å²) in [6, 6.07) is 0. The monoisotopic (exact) mass is 284 g/mol. The molecule has 1 aliphatic carbocycles. The fraction of sp³-hybridized carbons (Fsp3) is 0.812. The SMILES string of the molecule is C=C[C@@H](C)[C@H](O)CCC(C)C(=O)SC1CCCCC1. The zero-order valence-corrected chi connectivity index (χ0v) is 13.1. The minimum Gasteiger partial charge on any atom is -0.393 e. The van der Waals surface area contributed by atoms with Crippen molar-refractivity contribution in [1.29, 1.82) is 0 Å². The molecule has 0 heterocycles. The summed E-state index contributed by atoms with van der Waals surface area (Å²) in [6.07, 6.45) is 9.12. The van der Waals surface area contributed by atoms with Crippen molar-refractivity contribution in [2.24, 2.45) is 11.8 Å². The molecule has 1 N–H and O–H groups in total. The van der Waals surface area contributed by atoms with Gasteiger partial charge in [-0.3, -0.25) is 4.79 Å². The molecule has 0 aliphatic heterocycles. The van der Waals surface area contributed by atoms with Crippen LogP contribution in [0.3, 0.4) is 0 Å². The van der Waals surface area contributed by atoms with Crippen molar-refractivity contribution < 1.29 is 9.90 Å². The summed E-state index contributed by atoms with van der Waals surface area (Å²) in [4.78, 5) is 12.1. The minimum absolute atomic E-state index is 0.0543. The van der Waals surface area contributed by atoms with Crippen molar-refractivity contribution in [3.8, 4) is 0 Å². The summed E-state index contributed by atoms with van der Waals surface area (Å²) in [5.74, 6) is 0.159. The van der Waals surface area contributed by atoms with E-state index in [1.807, 2.05) is 13.8 Å². The van der Waals surface area contributed by atoms with Gasteiger partial charge in [-0.2, -0.15) is 0 Å². The van der Waals surface area contributed by atoms with E-state index in [1.54, 1.807) is 17.8 Å². The van der Waals surface area contributed by atoms with Crippen molar-refractivity contribution in [2.75, 3.05) is 0 Å². The molecule has 0 bridgehead atoms. The first-order valence-electron chi connectivity index (χ1n) is 7.55. The molecule has 0 spiro atoms. The molecule has 110 valence electrons. The number of carbonyl (C=O) groups excluding carboxylic acids is 1. The highest BCUT2D eigenvalue weighted by molar-refractivity contribution is 8.14. The van der Waals surface area contributed by atoms with Crippen LogP contribution in [0, 0.1) is 11.8 Å². The van der Waals surface area contributed by atoms with Gasteiger partial charge in [0.15, 0.2) is 5.12 Å². The van der Waals surface area contributed by atoms with E-state index in [9.17, 15) is 9.90 Å². The molecule has 0 saturated heterocycles. The molecular weight excluding hydrogens is 256 g/mol. The third-order valence-corrected chi connectivity index (χ3v) is 5.55. The summed E-state index contributed by atoms with van der Waals surface area (Å²) >= 11 is 1.55. The lowest BCUT2D eigenvalue weighted by atomic mass is 9.96. The summed E-state index contributed by atoms with van der Waals surface area (Å²) in [7, 11) is 0. The summed E-state index contributed by atoms with van der Waals surface area (Å²) in [6.45, 7) is 7.64. The standard InChI is InChI=1S/C16H28O2S/c1-4-12(2)15(17)11-10-13(3)16(18)19-14-8-6-5-7-9-14/h4,12-15,17H,1,5-11H2,2-3H3/t12-,13?,15-/m1/s1. The molecule has 0 amide bonds. The average molecular weight is 284 g/mol. The highest BCUT2D eigenvalue weighted by Crippen LogP contribution is 2.31. The lowest BCUT2D eigenvalue weighted by Crippen LogP contribution is -2.19. The first-order valence-corrected chi connectivity index (χ1v) is 8.43. The maximum absolute atomic E-state index is 12.1. The predicted molar refractivity (Wildman–Crippen MR) is 83.2 cm³/mol. The second-order valence-electron chi connectivity index (χ2n) is 5.84. The van der Waals surface area contributed by atoms with E-state index >= 15 is 0 Å². The van der Waals surface area contributed by atoms with E-state index in [0.717, 1.165) is 6.42 Å². The number of hydrogen-bond acceptors (Lipinski definition) is 3. The Kier molecular flexibility index (Phi) is 7.77. The summed E-state index contributed by atoms with van der Waals surface area (Å²) < 4.78 is 0. The van der Waals surface area contributed by atoms with Gasteiger partial charge >= 0.3 is 0 Å². The highest BCUT2D eigenvalue weighted by Gasteiger charge is 2.22. The van der Waals surface area contributed by atoms with Crippen LogP contribution >= 0.6 is 11.8 Å². The molecule has 3 atom stereocenters. The topological polar surface area (TPSA) is 37.3 Å². The average Bonchev–Trinajstić information content (AvgIpc) is 2.44. The Morgan fingerprint density at radius 2 is 1.95 bits per heavy atom. The van der Waals surface area contributed by atoms with E-state index in [1.165, 1.54) is 32.1 Å². The lowest BCUT2D eigenvalue weighted by molar-refractivity contribution is -0.114. The van der Waals surface area contributed by atoms with Crippen LogP contribution in [-0.2, 0) is 4.79 Å². The van der Waals surface area contributed by atoms with Crippen LogP contribution in [-0.4, -0.2) is 21.6 Å². The van der Waals surface area contributed by atoms with Crippen LogP contribution in [0.4, 0.5) is 0 Å². The third-order valence-electron chi connectivity index (χ3n) is 4.11. The Balaban J connectivity index is 2.25. The molecular formula is C16H28O2S. The summed E-state index contributed by atoms with van der Waals surface area (Å²) in [5.41, 5.74) is 0. The van der Waals surface area contributed by atoms with E-state index in [-0.39, 0.29) is 17.9 Å². The van der Waals surface area contributed by atoms with Crippen LogP contribution < -0.4 is 0 Å². The van der Waals surface area contributed by atoms with Crippen LogP contribution in [0.1, 0.15) is 58.8 Å². The Morgan fingerprint density at radius 3 is 2.53 bits per heavy atom. The summed E-state index contributed by atoms with van der Waals surface area (Å²) in [5, 5.41) is 10.7. The Morgan fingerprint density at radius 1 is 1.32 bits per heavy atom. The molecule has 0 aromatic carbocycles. The maximum Gasteiger partial charge on any atom is 0.192 e. The number of thioether (sulfide) groups is 1. The lowest BCUT2D eigenvalue weighted by Gasteiger charge is -2.22. The molecule has 0 aromatic rings. The second-order valence-corrected chi connectivity index (χ2v) is 7.14. The minimum atomic E-state index is -0.368. The van der Waals surface area contributed by atoms with E-state index in [4.69, 9.17) is 0 Å².